The SMILES string of the molecule is CN1Cc2c(Cl)cc(Cl)cc2C(c2cccc(-n3cccc3)c2)C1. The van der Waals surface area contributed by atoms with Crippen LogP contribution >= 0.6 is 23.2 Å². The van der Waals surface area contributed by atoms with Crippen molar-refractivity contribution in [3.8, 4) is 5.69 Å². The Bertz CT molecular complexity index is 871. The summed E-state index contributed by atoms with van der Waals surface area (Å²) in [4.78, 5) is 2.31. The van der Waals surface area contributed by atoms with Gasteiger partial charge in [-0.1, -0.05) is 35.3 Å². The molecule has 0 amide bonds. The zero-order valence-electron chi connectivity index (χ0n) is 13.4. The summed E-state index contributed by atoms with van der Waals surface area (Å²) >= 11 is 12.7. The summed E-state index contributed by atoms with van der Waals surface area (Å²) in [6, 6.07) is 16.7. The second-order valence-electron chi connectivity index (χ2n) is 6.39. The fourth-order valence-corrected chi connectivity index (χ4v) is 4.11. The lowest BCUT2D eigenvalue weighted by Crippen LogP contribution is -2.31. The van der Waals surface area contributed by atoms with Gasteiger partial charge in [-0.05, 0) is 60.1 Å². The Labute approximate surface area is 152 Å². The second-order valence-corrected chi connectivity index (χ2v) is 7.23. The van der Waals surface area contributed by atoms with E-state index in [2.05, 4.69) is 59.2 Å². The van der Waals surface area contributed by atoms with E-state index >= 15 is 0 Å². The van der Waals surface area contributed by atoms with Gasteiger partial charge in [-0.15, -0.1) is 0 Å². The fourth-order valence-electron chi connectivity index (χ4n) is 3.54. The molecular weight excluding hydrogens is 339 g/mol. The highest BCUT2D eigenvalue weighted by atomic mass is 35.5. The number of hydrogen-bond donors (Lipinski definition) is 0. The Kier molecular flexibility index (Phi) is 4.13. The highest BCUT2D eigenvalue weighted by molar-refractivity contribution is 6.35. The molecule has 0 spiro atoms. The van der Waals surface area contributed by atoms with Crippen molar-refractivity contribution >= 4 is 23.2 Å². The molecule has 2 aromatic carbocycles. The Morgan fingerprint density at radius 1 is 1.00 bits per heavy atom. The molecule has 0 bridgehead atoms. The lowest BCUT2D eigenvalue weighted by molar-refractivity contribution is 0.295. The summed E-state index contributed by atoms with van der Waals surface area (Å²) in [6.07, 6.45) is 4.13. The van der Waals surface area contributed by atoms with Crippen LogP contribution < -0.4 is 0 Å². The van der Waals surface area contributed by atoms with Crippen molar-refractivity contribution in [1.82, 2.24) is 9.47 Å². The molecule has 0 saturated heterocycles. The minimum Gasteiger partial charge on any atom is -0.324 e. The maximum absolute atomic E-state index is 6.46. The van der Waals surface area contributed by atoms with Crippen LogP contribution in [0.5, 0.6) is 0 Å². The molecule has 1 aliphatic heterocycles. The van der Waals surface area contributed by atoms with Crippen LogP contribution in [0.25, 0.3) is 5.69 Å². The molecule has 1 unspecified atom stereocenters. The molecule has 1 aliphatic rings. The summed E-state index contributed by atoms with van der Waals surface area (Å²) in [6.45, 7) is 1.82. The van der Waals surface area contributed by atoms with Crippen LogP contribution in [-0.2, 0) is 6.54 Å². The quantitative estimate of drug-likeness (QED) is 0.599. The van der Waals surface area contributed by atoms with Crippen molar-refractivity contribution in [2.75, 3.05) is 13.6 Å². The lowest BCUT2D eigenvalue weighted by atomic mass is 9.84. The van der Waals surface area contributed by atoms with Gasteiger partial charge in [-0.25, -0.2) is 0 Å². The molecule has 2 nitrogen and oxygen atoms in total. The molecule has 0 N–H and O–H groups in total. The molecule has 0 aliphatic carbocycles. The van der Waals surface area contributed by atoms with E-state index in [-0.39, 0.29) is 5.92 Å². The molecule has 1 aromatic heterocycles. The van der Waals surface area contributed by atoms with Crippen molar-refractivity contribution in [3.05, 3.63) is 87.7 Å². The predicted octanol–water partition coefficient (Wildman–Crippen LogP) is 5.36. The van der Waals surface area contributed by atoms with E-state index < -0.39 is 0 Å². The number of hydrogen-bond acceptors (Lipinski definition) is 1. The molecule has 4 heteroatoms. The average molecular weight is 357 g/mol. The number of halogens is 2. The van der Waals surface area contributed by atoms with E-state index in [1.54, 1.807) is 0 Å². The van der Waals surface area contributed by atoms with Crippen molar-refractivity contribution in [2.45, 2.75) is 12.5 Å². The van der Waals surface area contributed by atoms with Gasteiger partial charge in [0.05, 0.1) is 0 Å². The highest BCUT2D eigenvalue weighted by Crippen LogP contribution is 2.38. The first-order valence-electron chi connectivity index (χ1n) is 8.01. The van der Waals surface area contributed by atoms with Gasteiger partial charge in [0, 0.05) is 47.1 Å². The number of aromatic nitrogens is 1. The lowest BCUT2D eigenvalue weighted by Gasteiger charge is -2.33. The molecule has 0 saturated carbocycles. The normalized spacial score (nSPS) is 17.7. The van der Waals surface area contributed by atoms with Gasteiger partial charge in [-0.2, -0.15) is 0 Å². The van der Waals surface area contributed by atoms with Crippen LogP contribution in [0.15, 0.2) is 60.9 Å². The van der Waals surface area contributed by atoms with E-state index in [1.165, 1.54) is 22.4 Å². The number of fused-ring (bicyclic) bond motifs is 1. The summed E-state index contributed by atoms with van der Waals surface area (Å²) in [5.41, 5.74) is 4.88. The fraction of sp³-hybridized carbons (Fsp3) is 0.200. The zero-order valence-corrected chi connectivity index (χ0v) is 14.9. The van der Waals surface area contributed by atoms with Crippen molar-refractivity contribution in [2.24, 2.45) is 0 Å². The van der Waals surface area contributed by atoms with E-state index in [0.717, 1.165) is 18.1 Å². The third-order valence-electron chi connectivity index (χ3n) is 4.67. The smallest absolute Gasteiger partial charge is 0.0468 e. The topological polar surface area (TPSA) is 8.17 Å². The van der Waals surface area contributed by atoms with Gasteiger partial charge in [0.25, 0.3) is 0 Å². The maximum Gasteiger partial charge on any atom is 0.0468 e. The molecule has 3 aromatic rings. The number of nitrogens with zero attached hydrogens (tertiary/aromatic N) is 2. The maximum atomic E-state index is 6.46. The first-order valence-corrected chi connectivity index (χ1v) is 8.77. The molecule has 1 atom stereocenters. The molecule has 4 rings (SSSR count). The van der Waals surface area contributed by atoms with Crippen molar-refractivity contribution < 1.29 is 0 Å². The second kappa shape index (κ2) is 6.29. The highest BCUT2D eigenvalue weighted by Gasteiger charge is 2.27. The largest absolute Gasteiger partial charge is 0.324 e. The predicted molar refractivity (Wildman–Crippen MR) is 100 cm³/mol. The van der Waals surface area contributed by atoms with Gasteiger partial charge in [-0.3, -0.25) is 0 Å². The van der Waals surface area contributed by atoms with Gasteiger partial charge in [0.15, 0.2) is 0 Å². The third kappa shape index (κ3) is 2.86. The van der Waals surface area contributed by atoms with Crippen LogP contribution in [0.3, 0.4) is 0 Å². The van der Waals surface area contributed by atoms with Gasteiger partial charge in [0.2, 0.25) is 0 Å². The number of benzene rings is 2. The van der Waals surface area contributed by atoms with Gasteiger partial charge in [0.1, 0.15) is 0 Å². The number of rotatable bonds is 2. The summed E-state index contributed by atoms with van der Waals surface area (Å²) in [5, 5.41) is 1.46. The van der Waals surface area contributed by atoms with Crippen molar-refractivity contribution in [1.29, 1.82) is 0 Å². The molecule has 2 heterocycles. The Morgan fingerprint density at radius 2 is 1.79 bits per heavy atom. The Hall–Kier alpha value is -1.74. The molecule has 0 fully saturated rings. The average Bonchev–Trinajstić information content (AvgIpc) is 3.10. The molecule has 24 heavy (non-hydrogen) atoms. The Morgan fingerprint density at radius 3 is 2.58 bits per heavy atom. The van der Waals surface area contributed by atoms with Crippen LogP contribution in [0.4, 0.5) is 0 Å². The van der Waals surface area contributed by atoms with Crippen LogP contribution in [0.1, 0.15) is 22.6 Å². The molecule has 122 valence electrons. The number of likely N-dealkylation sites (N-methyl/N-ethyl adjacent to an activating group) is 1. The Balaban J connectivity index is 1.82. The van der Waals surface area contributed by atoms with Crippen LogP contribution in [0, 0.1) is 0 Å². The van der Waals surface area contributed by atoms with Crippen LogP contribution in [0.2, 0.25) is 10.0 Å². The van der Waals surface area contributed by atoms with Crippen molar-refractivity contribution in [3.63, 3.8) is 0 Å². The minimum atomic E-state index is 0.269. The summed E-state index contributed by atoms with van der Waals surface area (Å²) < 4.78 is 2.13. The van der Waals surface area contributed by atoms with Crippen LogP contribution in [-0.4, -0.2) is 23.1 Å². The first kappa shape index (κ1) is 15.8. The van der Waals surface area contributed by atoms with Gasteiger partial charge < -0.3 is 9.47 Å². The van der Waals surface area contributed by atoms with E-state index in [1.807, 2.05) is 18.2 Å². The standard InChI is InChI=1S/C20H18Cl2N2/c1-23-12-18(17-10-15(21)11-20(22)19(17)13-23)14-5-4-6-16(9-14)24-7-2-3-8-24/h2-11,18H,12-13H2,1H3. The zero-order chi connectivity index (χ0) is 16.7. The van der Waals surface area contributed by atoms with Gasteiger partial charge >= 0.3 is 0 Å². The summed E-state index contributed by atoms with van der Waals surface area (Å²) in [7, 11) is 2.14. The van der Waals surface area contributed by atoms with E-state index in [4.69, 9.17) is 23.2 Å². The third-order valence-corrected chi connectivity index (χ3v) is 5.22. The first-order chi connectivity index (χ1) is 11.6. The minimum absolute atomic E-state index is 0.269. The summed E-state index contributed by atoms with van der Waals surface area (Å²) in [5.74, 6) is 0.269. The molecule has 0 radical (unpaired) electrons. The molecular formula is C20H18Cl2N2. The van der Waals surface area contributed by atoms with E-state index in [0.29, 0.717) is 5.02 Å². The monoisotopic (exact) mass is 356 g/mol. The van der Waals surface area contributed by atoms with E-state index in [9.17, 15) is 0 Å².